The number of anilines is 1. The lowest BCUT2D eigenvalue weighted by Gasteiger charge is -2.08. The topological polar surface area (TPSA) is 70.1 Å². The summed E-state index contributed by atoms with van der Waals surface area (Å²) in [5.74, 6) is 1.09. The predicted molar refractivity (Wildman–Crippen MR) is 74.3 cm³/mol. The number of benzene rings is 1. The Morgan fingerprint density at radius 2 is 2.11 bits per heavy atom. The summed E-state index contributed by atoms with van der Waals surface area (Å²) in [6, 6.07) is 7.50. The van der Waals surface area contributed by atoms with Crippen LogP contribution in [0.1, 0.15) is 24.2 Å². The fraction of sp³-hybridized carbons (Fsp3) is 0.286. The van der Waals surface area contributed by atoms with Gasteiger partial charge in [-0.25, -0.2) is 4.68 Å². The lowest BCUT2D eigenvalue weighted by Crippen LogP contribution is -2.02. The molecule has 0 aliphatic heterocycles. The van der Waals surface area contributed by atoms with Crippen LogP contribution in [0.15, 0.2) is 24.3 Å². The van der Waals surface area contributed by atoms with E-state index in [1.807, 2.05) is 38.1 Å². The van der Waals surface area contributed by atoms with Crippen molar-refractivity contribution < 1.29 is 9.53 Å². The number of nitrogen functional groups attached to an aromatic ring is 1. The summed E-state index contributed by atoms with van der Waals surface area (Å²) in [5.41, 5.74) is 7.68. The maximum absolute atomic E-state index is 11.2. The molecule has 1 aromatic carbocycles. The molecule has 0 saturated heterocycles. The number of aldehydes is 1. The number of hydrogen-bond acceptors (Lipinski definition) is 4. The highest BCUT2D eigenvalue weighted by molar-refractivity contribution is 5.92. The lowest BCUT2D eigenvalue weighted by molar-refractivity contribution is 0.112. The van der Waals surface area contributed by atoms with Crippen molar-refractivity contribution in [2.24, 2.45) is 0 Å². The molecule has 0 radical (unpaired) electrons. The second kappa shape index (κ2) is 5.56. The van der Waals surface area contributed by atoms with E-state index in [2.05, 4.69) is 5.10 Å². The first kappa shape index (κ1) is 13.1. The van der Waals surface area contributed by atoms with Crippen molar-refractivity contribution in [2.75, 3.05) is 12.3 Å². The van der Waals surface area contributed by atoms with Crippen LogP contribution in [0.3, 0.4) is 0 Å². The molecule has 0 spiro atoms. The second-order valence-corrected chi connectivity index (χ2v) is 4.01. The molecule has 2 N–H and O–H groups in total. The van der Waals surface area contributed by atoms with E-state index < -0.39 is 0 Å². The van der Waals surface area contributed by atoms with Gasteiger partial charge < -0.3 is 10.5 Å². The van der Waals surface area contributed by atoms with Gasteiger partial charge in [-0.1, -0.05) is 12.1 Å². The van der Waals surface area contributed by atoms with Crippen molar-refractivity contribution in [3.8, 4) is 17.0 Å². The standard InChI is InChI=1S/C14H17N3O2/c1-3-17-14(15)11(9-18)13(16-17)10-7-5-6-8-12(10)19-4-2/h5-9H,3-4,15H2,1-2H3. The van der Waals surface area contributed by atoms with Gasteiger partial charge in [0.1, 0.15) is 17.3 Å². The van der Waals surface area contributed by atoms with Crippen LogP contribution < -0.4 is 10.5 Å². The Balaban J connectivity index is 2.61. The Labute approximate surface area is 112 Å². The summed E-state index contributed by atoms with van der Waals surface area (Å²) < 4.78 is 7.18. The van der Waals surface area contributed by atoms with E-state index in [4.69, 9.17) is 10.5 Å². The smallest absolute Gasteiger partial charge is 0.156 e. The molecule has 0 aliphatic rings. The molecule has 1 heterocycles. The van der Waals surface area contributed by atoms with Crippen LogP contribution in [0, 0.1) is 0 Å². The molecule has 19 heavy (non-hydrogen) atoms. The van der Waals surface area contributed by atoms with Crippen molar-refractivity contribution in [1.82, 2.24) is 9.78 Å². The summed E-state index contributed by atoms with van der Waals surface area (Å²) in [6.45, 7) is 5.01. The molecule has 0 bridgehead atoms. The van der Waals surface area contributed by atoms with Crippen LogP contribution in [0.2, 0.25) is 0 Å². The largest absolute Gasteiger partial charge is 0.493 e. The highest BCUT2D eigenvalue weighted by Crippen LogP contribution is 2.33. The maximum atomic E-state index is 11.2. The number of nitrogens with two attached hydrogens (primary N) is 1. The fourth-order valence-electron chi connectivity index (χ4n) is 1.99. The van der Waals surface area contributed by atoms with E-state index in [-0.39, 0.29) is 0 Å². The van der Waals surface area contributed by atoms with Crippen molar-refractivity contribution in [3.63, 3.8) is 0 Å². The Morgan fingerprint density at radius 3 is 2.74 bits per heavy atom. The molecule has 0 saturated carbocycles. The number of hydrogen-bond donors (Lipinski definition) is 1. The average molecular weight is 259 g/mol. The number of rotatable bonds is 5. The predicted octanol–water partition coefficient (Wildman–Crippen LogP) is 2.36. The van der Waals surface area contributed by atoms with E-state index in [0.29, 0.717) is 36.0 Å². The summed E-state index contributed by atoms with van der Waals surface area (Å²) in [7, 11) is 0. The molecular weight excluding hydrogens is 242 g/mol. The Hall–Kier alpha value is -2.30. The molecule has 0 aliphatic carbocycles. The number of carbonyl (C=O) groups excluding carboxylic acids is 1. The van der Waals surface area contributed by atoms with Gasteiger partial charge in [-0.15, -0.1) is 0 Å². The van der Waals surface area contributed by atoms with Gasteiger partial charge in [0.15, 0.2) is 6.29 Å². The van der Waals surface area contributed by atoms with Crippen molar-refractivity contribution in [2.45, 2.75) is 20.4 Å². The van der Waals surface area contributed by atoms with Crippen LogP contribution in [0.25, 0.3) is 11.3 Å². The molecule has 0 amide bonds. The van der Waals surface area contributed by atoms with Gasteiger partial charge in [-0.2, -0.15) is 5.10 Å². The Bertz CT molecular complexity index is 590. The first-order chi connectivity index (χ1) is 9.22. The normalized spacial score (nSPS) is 10.4. The zero-order chi connectivity index (χ0) is 13.8. The van der Waals surface area contributed by atoms with Crippen LogP contribution in [-0.4, -0.2) is 22.7 Å². The molecule has 2 rings (SSSR count). The molecule has 0 unspecified atom stereocenters. The second-order valence-electron chi connectivity index (χ2n) is 4.01. The van der Waals surface area contributed by atoms with E-state index in [0.717, 1.165) is 11.8 Å². The summed E-state index contributed by atoms with van der Waals surface area (Å²) in [6.07, 6.45) is 0.743. The third kappa shape index (κ3) is 2.31. The minimum absolute atomic E-state index is 0.388. The Morgan fingerprint density at radius 1 is 1.37 bits per heavy atom. The van der Waals surface area contributed by atoms with Gasteiger partial charge >= 0.3 is 0 Å². The first-order valence-electron chi connectivity index (χ1n) is 6.26. The number of aromatic nitrogens is 2. The van der Waals surface area contributed by atoms with Crippen molar-refractivity contribution in [1.29, 1.82) is 0 Å². The third-order valence-electron chi connectivity index (χ3n) is 2.89. The fourth-order valence-corrected chi connectivity index (χ4v) is 1.99. The monoisotopic (exact) mass is 259 g/mol. The molecule has 5 nitrogen and oxygen atoms in total. The van der Waals surface area contributed by atoms with Gasteiger partial charge in [-0.05, 0) is 26.0 Å². The van der Waals surface area contributed by atoms with E-state index in [1.54, 1.807) is 4.68 Å². The molecule has 2 aromatic rings. The van der Waals surface area contributed by atoms with Crippen molar-refractivity contribution in [3.05, 3.63) is 29.8 Å². The first-order valence-corrected chi connectivity index (χ1v) is 6.26. The number of aryl methyl sites for hydroxylation is 1. The van der Waals surface area contributed by atoms with Crippen LogP contribution in [-0.2, 0) is 6.54 Å². The van der Waals surface area contributed by atoms with Crippen LogP contribution in [0.4, 0.5) is 5.82 Å². The minimum atomic E-state index is 0.388. The van der Waals surface area contributed by atoms with E-state index in [9.17, 15) is 4.79 Å². The number of nitrogens with zero attached hydrogens (tertiary/aromatic N) is 2. The van der Waals surface area contributed by atoms with Gasteiger partial charge in [0.25, 0.3) is 0 Å². The molecule has 0 fully saturated rings. The molecular formula is C14H17N3O2. The van der Waals surface area contributed by atoms with Gasteiger partial charge in [0.05, 0.1) is 12.2 Å². The molecule has 100 valence electrons. The van der Waals surface area contributed by atoms with Gasteiger partial charge in [-0.3, -0.25) is 4.79 Å². The molecule has 0 atom stereocenters. The van der Waals surface area contributed by atoms with Crippen LogP contribution in [0.5, 0.6) is 5.75 Å². The summed E-state index contributed by atoms with van der Waals surface area (Å²) in [4.78, 5) is 11.2. The summed E-state index contributed by atoms with van der Waals surface area (Å²) >= 11 is 0. The lowest BCUT2D eigenvalue weighted by atomic mass is 10.1. The number of para-hydroxylation sites is 1. The highest BCUT2D eigenvalue weighted by atomic mass is 16.5. The average Bonchev–Trinajstić information content (AvgIpc) is 2.76. The SMILES string of the molecule is CCOc1ccccc1-c1nn(CC)c(N)c1C=O. The zero-order valence-corrected chi connectivity index (χ0v) is 11.1. The molecule has 1 aromatic heterocycles. The van der Waals surface area contributed by atoms with Gasteiger partial charge in [0, 0.05) is 12.1 Å². The molecule has 5 heteroatoms. The Kier molecular flexibility index (Phi) is 3.85. The third-order valence-corrected chi connectivity index (χ3v) is 2.89. The zero-order valence-electron chi connectivity index (χ0n) is 11.1. The highest BCUT2D eigenvalue weighted by Gasteiger charge is 2.18. The van der Waals surface area contributed by atoms with Gasteiger partial charge in [0.2, 0.25) is 0 Å². The van der Waals surface area contributed by atoms with E-state index in [1.165, 1.54) is 0 Å². The minimum Gasteiger partial charge on any atom is -0.493 e. The van der Waals surface area contributed by atoms with Crippen LogP contribution >= 0.6 is 0 Å². The van der Waals surface area contributed by atoms with Crippen molar-refractivity contribution >= 4 is 12.1 Å². The quantitative estimate of drug-likeness (QED) is 0.837. The maximum Gasteiger partial charge on any atom is 0.156 e. The summed E-state index contributed by atoms with van der Waals surface area (Å²) in [5, 5.41) is 4.39. The van der Waals surface area contributed by atoms with E-state index >= 15 is 0 Å². The number of carbonyl (C=O) groups is 1. The number of ether oxygens (including phenoxy) is 1.